The number of sulfonamides is 3. The topological polar surface area (TPSA) is 368 Å². The average molecular weight is 2150 g/mol. The van der Waals surface area contributed by atoms with Gasteiger partial charge in [-0.05, 0) is 258 Å². The lowest BCUT2D eigenvalue weighted by Gasteiger charge is -2.29. The highest BCUT2D eigenvalue weighted by Crippen LogP contribution is 2.61. The van der Waals surface area contributed by atoms with E-state index in [1.54, 1.807) is 30.6 Å². The van der Waals surface area contributed by atoms with Crippen molar-refractivity contribution in [3.63, 3.8) is 0 Å². The predicted octanol–water partition coefficient (Wildman–Crippen LogP) is 19.2. The number of hydrogen-bond acceptors (Lipinski definition) is 24. The summed E-state index contributed by atoms with van der Waals surface area (Å²) < 4.78 is 133. The van der Waals surface area contributed by atoms with Crippen molar-refractivity contribution < 1.29 is 91.4 Å². The second-order valence-electron chi connectivity index (χ2n) is 44.1. The van der Waals surface area contributed by atoms with Crippen LogP contribution in [0.1, 0.15) is 236 Å². The highest BCUT2D eigenvalue weighted by molar-refractivity contribution is 7.92. The third-order valence-electron chi connectivity index (χ3n) is 32.9. The van der Waals surface area contributed by atoms with E-state index in [2.05, 4.69) is 65.5 Å². The minimum Gasteiger partial charge on any atom is -0.465 e. The highest BCUT2D eigenvalue weighted by atomic mass is 35.5. The number of benzene rings is 6. The number of carbonyl (C=O) groups excluding carboxylic acids is 9. The van der Waals surface area contributed by atoms with E-state index >= 15 is 0 Å². The Labute approximate surface area is 879 Å². The molecule has 6 aliphatic carbocycles. The SMILES string of the molecule is CC1(S(=O)(=O)NC(=O)[C@]23CC(=O)[C@@H]4C[C@@H](Oc5nc6ccccc6s5)CN4C(=O)[C@@H](Cc4cc(F)cc(F)c4)CCCCC/C=C\[C@@H]2C3)CC1.CC1(S(=O)(=O)NC(=O)[C@]23CC(=O)[C@@H]4C[C@@H](Oc5nc6ccccc6s5)CN4C(=O)[C@@H](Cc4ccc(Cl)cc4)CCCCC/C=C\[C@@H]2C3)CC1.Cc1ccc(C[C@H]2CCCCC/C=C\[C@@H]3C[C@@]3(C(=O)NS(=O)(=O)C3(C)CC3)CC(=O)[C@@H]3C[C@@H](Oc4nc5ccccc5s4)CN3C2=O)cc1. The molecule has 9 fully saturated rings. The van der Waals surface area contributed by atoms with Crippen LogP contribution in [0.4, 0.5) is 8.78 Å². The van der Waals surface area contributed by atoms with Crippen molar-refractivity contribution in [1.82, 2.24) is 43.8 Å². The fourth-order valence-corrected chi connectivity index (χ4v) is 29.1. The van der Waals surface area contributed by atoms with Crippen LogP contribution < -0.4 is 28.4 Å². The number of ether oxygens (including phenoxy) is 3. The molecule has 15 atom stereocenters. The van der Waals surface area contributed by atoms with Crippen LogP contribution in [0.3, 0.4) is 0 Å². The molecule has 786 valence electrons. The van der Waals surface area contributed by atoms with Gasteiger partial charge in [0.15, 0.2) is 17.3 Å². The molecule has 0 unspecified atom stereocenters. The predicted molar refractivity (Wildman–Crippen MR) is 564 cm³/mol. The van der Waals surface area contributed by atoms with E-state index < -0.39 is 132 Å². The number of Topliss-reactive ketones (excluding diaryl/α,β-unsaturated/α-hetero) is 3. The maximum absolute atomic E-state index is 14.6. The molecule has 148 heavy (non-hydrogen) atoms. The molecule has 0 spiro atoms. The number of hydrogen-bond donors (Lipinski definition) is 3. The number of nitrogens with zero attached hydrogens (tertiary/aromatic N) is 6. The Morgan fingerprint density at radius 2 is 0.703 bits per heavy atom. The van der Waals surface area contributed by atoms with E-state index in [-0.39, 0.29) is 129 Å². The van der Waals surface area contributed by atoms with Gasteiger partial charge >= 0.3 is 0 Å². The number of rotatable bonds is 21. The van der Waals surface area contributed by atoms with Crippen molar-refractivity contribution in [2.24, 2.45) is 51.8 Å². The van der Waals surface area contributed by atoms with E-state index in [1.165, 1.54) is 51.0 Å². The van der Waals surface area contributed by atoms with Crippen LogP contribution in [0.25, 0.3) is 30.6 Å². The van der Waals surface area contributed by atoms with Gasteiger partial charge in [-0.25, -0.2) is 49.0 Å². The molecule has 12 aliphatic rings. The first-order chi connectivity index (χ1) is 70.8. The minimum absolute atomic E-state index is 0.0718. The summed E-state index contributed by atoms with van der Waals surface area (Å²) in [5.41, 5.74) is 2.43. The van der Waals surface area contributed by atoms with Gasteiger partial charge in [0.05, 0.1) is 98.9 Å². The Morgan fingerprint density at radius 3 is 1.01 bits per heavy atom. The van der Waals surface area contributed by atoms with E-state index in [1.807, 2.05) is 128 Å². The number of aryl methyl sites for hydroxylation is 1. The third-order valence-corrected chi connectivity index (χ3v) is 42.4. The van der Waals surface area contributed by atoms with Gasteiger partial charge in [-0.1, -0.05) is 199 Å². The number of halogens is 3. The van der Waals surface area contributed by atoms with Gasteiger partial charge in [0.25, 0.3) is 15.6 Å². The Bertz CT molecular complexity index is 6650. The Balaban J connectivity index is 0.000000140. The summed E-state index contributed by atoms with van der Waals surface area (Å²) in [5, 5.41) is 2.01. The van der Waals surface area contributed by atoms with Crippen molar-refractivity contribution in [2.45, 2.75) is 290 Å². The van der Waals surface area contributed by atoms with Crippen molar-refractivity contribution in [3.05, 3.63) is 215 Å². The number of allylic oxidation sites excluding steroid dienone is 6. The molecule has 0 bridgehead atoms. The van der Waals surface area contributed by atoms with Gasteiger partial charge in [-0.2, -0.15) is 0 Å². The van der Waals surface area contributed by atoms with Crippen LogP contribution in [-0.4, -0.2) is 178 Å². The maximum Gasteiger partial charge on any atom is 0.274 e. The number of fused-ring (bicyclic) bond motifs is 9. The average Bonchev–Trinajstić information content (AvgIpc) is 1.57. The van der Waals surface area contributed by atoms with Crippen molar-refractivity contribution in [2.75, 3.05) is 19.6 Å². The van der Waals surface area contributed by atoms with Crippen LogP contribution in [0.15, 0.2) is 176 Å². The number of ketones is 3. The number of nitrogens with one attached hydrogen (secondary N) is 3. The smallest absolute Gasteiger partial charge is 0.274 e. The Kier molecular flexibility index (Phi) is 31.0. The first kappa shape index (κ1) is 106. The molecule has 3 aromatic heterocycles. The van der Waals surface area contributed by atoms with Crippen molar-refractivity contribution >= 4 is 159 Å². The molecule has 3 N–H and O–H groups in total. The Morgan fingerprint density at radius 1 is 0.405 bits per heavy atom. The standard InChI is InChI=1S/C38H45N3O6S2.C37H42ClN3O6S2.C37H41F2N3O6S2/c1-25-14-16-26(17-15-25)20-27-10-6-4-3-5-7-11-28-22-38(28,35(44)40-49(45,46)37(2)18-19-37)23-32(42)31-21-29(24-41(31)34(27)43)47-36-39-30-12-8-9-13-33(30)48-36;1-36(17-18-36)49(45,46)40-34(44)37-21-26(37)10-6-4-2-3-5-9-25(19-24-13-15-27(38)16-14-24)33(43)41-23-28(20-30(41)31(42)22-37)47-35-39-29-11-7-8-12-32(29)48-35;1-36(13-14-36)50(46,47)41-34(45)37-20-25(37)10-6-4-2-3-5-9-24(15-23-16-26(38)18-27(39)17-23)33(44)42-22-28(19-30(42)31(43)21-37)48-35-40-29-11-7-8-12-32(29)49-35/h7-9,11-17,27-29,31H,3-6,10,18-24H2,1-2H3,(H,40,44);6-8,10-16,25-26,28,30H,2-5,9,17-23H2,1H3,(H,40,44);6-8,10-12,16-18,24-25,28,30H,2-5,9,13-15,19-22H2,1H3,(H,41,45)/b11-7-;2*10-6-/t27-,28-,29-,31+,38-;25-,26-,28-,30+,37-;24-,25-,28-,30+,37-/m111/s1. The molecule has 21 rings (SSSR count). The van der Waals surface area contributed by atoms with Crippen LogP contribution in [0, 0.1) is 70.3 Å². The van der Waals surface area contributed by atoms with Crippen LogP contribution in [-0.2, 0) is 92.5 Å². The second kappa shape index (κ2) is 43.3. The molecule has 36 heteroatoms. The van der Waals surface area contributed by atoms with Gasteiger partial charge in [-0.15, -0.1) is 0 Å². The van der Waals surface area contributed by atoms with Crippen LogP contribution >= 0.6 is 45.6 Å². The molecular weight excluding hydrogens is 2030 g/mol. The van der Waals surface area contributed by atoms with E-state index in [4.69, 9.17) is 25.8 Å². The number of para-hydroxylation sites is 3. The van der Waals surface area contributed by atoms with Crippen LogP contribution in [0.2, 0.25) is 5.02 Å². The molecule has 6 saturated carbocycles. The monoisotopic (exact) mass is 2150 g/mol. The lowest BCUT2D eigenvalue weighted by Crippen LogP contribution is -2.47. The van der Waals surface area contributed by atoms with Gasteiger partial charge in [0.1, 0.15) is 29.9 Å². The van der Waals surface area contributed by atoms with Crippen molar-refractivity contribution in [3.8, 4) is 15.6 Å². The molecule has 6 aromatic carbocycles. The highest BCUT2D eigenvalue weighted by Gasteiger charge is 2.67. The minimum atomic E-state index is -3.93. The quantitative estimate of drug-likeness (QED) is 0.0562. The summed E-state index contributed by atoms with van der Waals surface area (Å²) in [6, 6.07) is 39.6. The summed E-state index contributed by atoms with van der Waals surface area (Å²) >= 11 is 10.4. The number of amides is 6. The fourth-order valence-electron chi connectivity index (χ4n) is 22.3. The zero-order valence-electron chi connectivity index (χ0n) is 83.7. The maximum atomic E-state index is 14.6. The lowest BCUT2D eigenvalue weighted by molar-refractivity contribution is -0.142. The summed E-state index contributed by atoms with van der Waals surface area (Å²) in [6.45, 7) is 7.48. The number of aromatic nitrogens is 3. The zero-order chi connectivity index (χ0) is 104. The van der Waals surface area contributed by atoms with Gasteiger partial charge in [-0.3, -0.25) is 57.3 Å². The molecule has 6 amide bonds. The first-order valence-corrected chi connectivity index (χ1v) is 59.6. The molecule has 0 radical (unpaired) electrons. The van der Waals surface area contributed by atoms with E-state index in [0.29, 0.717) is 122 Å². The van der Waals surface area contributed by atoms with Crippen molar-refractivity contribution in [1.29, 1.82) is 0 Å². The number of thiazole rings is 3. The summed E-state index contributed by atoms with van der Waals surface area (Å²) in [4.78, 5) is 147. The molecule has 9 heterocycles. The van der Waals surface area contributed by atoms with Gasteiger partial charge < -0.3 is 28.9 Å². The zero-order valence-corrected chi connectivity index (χ0v) is 89.4. The van der Waals surface area contributed by atoms with Crippen LogP contribution in [0.5, 0.6) is 15.6 Å². The molecule has 6 aliphatic heterocycles. The number of carbonyl (C=O) groups is 9. The largest absolute Gasteiger partial charge is 0.465 e. The molecule has 9 aromatic rings. The summed E-state index contributed by atoms with van der Waals surface area (Å²) in [5.74, 6) is -6.78. The molecule has 3 saturated heterocycles. The third kappa shape index (κ3) is 23.7. The summed E-state index contributed by atoms with van der Waals surface area (Å²) in [6.07, 6.45) is 28.0. The van der Waals surface area contributed by atoms with Gasteiger partial charge in [0, 0.05) is 67.4 Å². The fraction of sp³-hybridized carbons (Fsp3) is 0.518. The van der Waals surface area contributed by atoms with E-state index in [0.717, 1.165) is 124 Å². The second-order valence-corrected chi connectivity index (χ2v) is 54.1. The van der Waals surface area contributed by atoms with Gasteiger partial charge in [0.2, 0.25) is 65.5 Å². The normalized spacial score (nSPS) is 29.2. The molecule has 27 nitrogen and oxygen atoms in total. The molecular formula is C112H128ClF2N9O18S6. The lowest BCUT2D eigenvalue weighted by atomic mass is 9.90. The Hall–Kier alpha value is -10.6. The first-order valence-electron chi connectivity index (χ1n) is 52.3. The van der Waals surface area contributed by atoms with E-state index in [9.17, 15) is 77.2 Å². The summed E-state index contributed by atoms with van der Waals surface area (Å²) in [7, 11) is -11.7.